The lowest BCUT2D eigenvalue weighted by Gasteiger charge is -2.32. The van der Waals surface area contributed by atoms with Crippen molar-refractivity contribution < 1.29 is 14.6 Å². The average Bonchev–Trinajstić information content (AvgIpc) is 2.35. The summed E-state index contributed by atoms with van der Waals surface area (Å²) < 4.78 is 5.16. The number of ether oxygens (including phenoxy) is 1. The smallest absolute Gasteiger partial charge is 0.407 e. The molecule has 0 saturated carbocycles. The predicted molar refractivity (Wildman–Crippen MR) is 68.9 cm³/mol. The Morgan fingerprint density at radius 3 is 2.59 bits per heavy atom. The van der Waals surface area contributed by atoms with Gasteiger partial charge in [0.05, 0.1) is 6.61 Å². The van der Waals surface area contributed by atoms with Gasteiger partial charge < -0.3 is 15.2 Å². The first-order chi connectivity index (χ1) is 8.00. The molecule has 0 heterocycles. The van der Waals surface area contributed by atoms with E-state index in [1.54, 1.807) is 0 Å². The van der Waals surface area contributed by atoms with Gasteiger partial charge in [0.1, 0.15) is 6.61 Å². The molecule has 0 aromatic heterocycles. The van der Waals surface area contributed by atoms with Crippen LogP contribution < -0.4 is 5.32 Å². The largest absolute Gasteiger partial charge is 0.449 e. The maximum absolute atomic E-state index is 11.4. The summed E-state index contributed by atoms with van der Waals surface area (Å²) in [5.41, 5.74) is -0.350. The lowest BCUT2D eigenvalue weighted by molar-refractivity contribution is 0.0125. The zero-order chi connectivity index (χ0) is 13.3. The van der Waals surface area contributed by atoms with Crippen LogP contribution in [0.4, 0.5) is 4.79 Å². The van der Waals surface area contributed by atoms with Crippen LogP contribution in [-0.2, 0) is 4.74 Å². The maximum atomic E-state index is 11.4. The molecule has 4 nitrogen and oxygen atoms in total. The number of aliphatic hydroxyl groups excluding tert-OH is 1. The Morgan fingerprint density at radius 2 is 2.12 bits per heavy atom. The van der Waals surface area contributed by atoms with Gasteiger partial charge in [0.15, 0.2) is 0 Å². The summed E-state index contributed by atoms with van der Waals surface area (Å²) in [6.07, 6.45) is 2.57. The molecule has 102 valence electrons. The molecular weight excluding hydrogens is 218 g/mol. The second kappa shape index (κ2) is 8.34. The van der Waals surface area contributed by atoms with Crippen molar-refractivity contribution in [2.45, 2.75) is 47.0 Å². The molecule has 0 spiro atoms. The number of aliphatic hydroxyl groups is 1. The van der Waals surface area contributed by atoms with Crippen molar-refractivity contribution in [2.75, 3.05) is 19.8 Å². The molecule has 2 atom stereocenters. The summed E-state index contributed by atoms with van der Waals surface area (Å²) in [4.78, 5) is 11.4. The Balaban J connectivity index is 4.01. The zero-order valence-electron chi connectivity index (χ0n) is 11.6. The highest BCUT2D eigenvalue weighted by molar-refractivity contribution is 5.67. The van der Waals surface area contributed by atoms with Crippen LogP contribution in [0.5, 0.6) is 0 Å². The van der Waals surface area contributed by atoms with Gasteiger partial charge in [0.2, 0.25) is 0 Å². The third-order valence-electron chi connectivity index (χ3n) is 3.50. The van der Waals surface area contributed by atoms with Crippen molar-refractivity contribution in [3.63, 3.8) is 0 Å². The molecule has 17 heavy (non-hydrogen) atoms. The monoisotopic (exact) mass is 245 g/mol. The molecule has 0 aliphatic rings. The predicted octanol–water partition coefficient (Wildman–Crippen LogP) is 2.56. The lowest BCUT2D eigenvalue weighted by Crippen LogP contribution is -2.37. The van der Waals surface area contributed by atoms with Gasteiger partial charge in [-0.15, -0.1) is 0 Å². The van der Waals surface area contributed by atoms with Crippen LogP contribution in [0.25, 0.3) is 0 Å². The molecule has 0 radical (unpaired) electrons. The molecule has 4 heteroatoms. The number of rotatable bonds is 8. The molecule has 0 saturated heterocycles. The summed E-state index contributed by atoms with van der Waals surface area (Å²) in [6, 6.07) is 0. The molecular formula is C13H27NO3. The first-order valence-corrected chi connectivity index (χ1v) is 6.51. The molecule has 0 bridgehead atoms. The molecule has 1 amide bonds. The third kappa shape index (κ3) is 5.91. The number of nitrogens with one attached hydrogen (secondary N) is 1. The summed E-state index contributed by atoms with van der Waals surface area (Å²) in [7, 11) is 0. The van der Waals surface area contributed by atoms with Crippen LogP contribution in [0.3, 0.4) is 0 Å². The van der Waals surface area contributed by atoms with Crippen LogP contribution in [-0.4, -0.2) is 31.0 Å². The number of amides is 1. The van der Waals surface area contributed by atoms with Gasteiger partial charge in [-0.05, 0) is 12.3 Å². The SMILES string of the molecule is CCCCNC(=O)OC[C@@](C)(CO)[C@H](C)CC. The maximum Gasteiger partial charge on any atom is 0.407 e. The Morgan fingerprint density at radius 1 is 1.47 bits per heavy atom. The topological polar surface area (TPSA) is 58.6 Å². The van der Waals surface area contributed by atoms with Gasteiger partial charge in [0, 0.05) is 12.0 Å². The summed E-state index contributed by atoms with van der Waals surface area (Å²) in [5.74, 6) is 0.316. The van der Waals surface area contributed by atoms with Crippen molar-refractivity contribution in [1.82, 2.24) is 5.32 Å². The number of carbonyl (C=O) groups excluding carboxylic acids is 1. The van der Waals surface area contributed by atoms with E-state index in [1.165, 1.54) is 0 Å². The molecule has 0 aromatic rings. The van der Waals surface area contributed by atoms with Crippen LogP contribution in [0, 0.1) is 11.3 Å². The fourth-order valence-corrected chi connectivity index (χ4v) is 1.49. The Bertz CT molecular complexity index is 221. The number of unbranched alkanes of at least 4 members (excludes halogenated alkanes) is 1. The number of carbonyl (C=O) groups is 1. The van der Waals surface area contributed by atoms with Crippen LogP contribution in [0.1, 0.15) is 47.0 Å². The minimum Gasteiger partial charge on any atom is -0.449 e. The van der Waals surface area contributed by atoms with E-state index in [-0.39, 0.29) is 24.7 Å². The second-order valence-electron chi connectivity index (χ2n) is 4.98. The third-order valence-corrected chi connectivity index (χ3v) is 3.50. The van der Waals surface area contributed by atoms with Gasteiger partial charge in [-0.25, -0.2) is 4.79 Å². The van der Waals surface area contributed by atoms with Gasteiger partial charge in [-0.2, -0.15) is 0 Å². The van der Waals surface area contributed by atoms with Gasteiger partial charge in [-0.1, -0.05) is 40.5 Å². The van der Waals surface area contributed by atoms with Crippen LogP contribution in [0.2, 0.25) is 0 Å². The normalized spacial score (nSPS) is 16.1. The molecule has 0 rings (SSSR count). The number of hydrogen-bond acceptors (Lipinski definition) is 3. The van der Waals surface area contributed by atoms with Crippen molar-refractivity contribution in [2.24, 2.45) is 11.3 Å². The quantitative estimate of drug-likeness (QED) is 0.646. The molecule has 0 aromatic carbocycles. The molecule has 0 aliphatic heterocycles. The Labute approximate surface area is 105 Å². The Hall–Kier alpha value is -0.770. The first kappa shape index (κ1) is 16.2. The van der Waals surface area contributed by atoms with Gasteiger partial charge >= 0.3 is 6.09 Å². The summed E-state index contributed by atoms with van der Waals surface area (Å²) >= 11 is 0. The molecule has 0 aliphatic carbocycles. The number of hydrogen-bond donors (Lipinski definition) is 2. The van der Waals surface area contributed by atoms with E-state index in [9.17, 15) is 9.90 Å². The standard InChI is InChI=1S/C13H27NO3/c1-5-7-8-14-12(16)17-10-13(4,9-15)11(3)6-2/h11,15H,5-10H2,1-4H3,(H,14,16)/t11-,13-/m1/s1. The highest BCUT2D eigenvalue weighted by Gasteiger charge is 2.31. The molecule has 0 unspecified atom stereocenters. The lowest BCUT2D eigenvalue weighted by atomic mass is 9.78. The van der Waals surface area contributed by atoms with Crippen molar-refractivity contribution >= 4 is 6.09 Å². The average molecular weight is 245 g/mol. The van der Waals surface area contributed by atoms with E-state index in [1.807, 2.05) is 6.92 Å². The van der Waals surface area contributed by atoms with E-state index >= 15 is 0 Å². The second-order valence-corrected chi connectivity index (χ2v) is 4.98. The molecule has 2 N–H and O–H groups in total. The highest BCUT2D eigenvalue weighted by atomic mass is 16.5. The van der Waals surface area contributed by atoms with E-state index in [0.717, 1.165) is 19.3 Å². The van der Waals surface area contributed by atoms with E-state index in [0.29, 0.717) is 12.5 Å². The van der Waals surface area contributed by atoms with E-state index in [2.05, 4.69) is 26.1 Å². The number of alkyl carbamates (subject to hydrolysis) is 1. The van der Waals surface area contributed by atoms with Gasteiger partial charge in [-0.3, -0.25) is 0 Å². The van der Waals surface area contributed by atoms with E-state index in [4.69, 9.17) is 4.74 Å². The van der Waals surface area contributed by atoms with Crippen molar-refractivity contribution in [3.05, 3.63) is 0 Å². The van der Waals surface area contributed by atoms with Crippen LogP contribution in [0.15, 0.2) is 0 Å². The minimum atomic E-state index is -0.388. The highest BCUT2D eigenvalue weighted by Crippen LogP contribution is 2.29. The first-order valence-electron chi connectivity index (χ1n) is 6.51. The van der Waals surface area contributed by atoms with Crippen LogP contribution >= 0.6 is 0 Å². The van der Waals surface area contributed by atoms with E-state index < -0.39 is 0 Å². The molecule has 0 fully saturated rings. The van der Waals surface area contributed by atoms with Crippen molar-refractivity contribution in [1.29, 1.82) is 0 Å². The summed E-state index contributed by atoms with van der Waals surface area (Å²) in [5, 5.41) is 12.1. The zero-order valence-corrected chi connectivity index (χ0v) is 11.6. The van der Waals surface area contributed by atoms with Gasteiger partial charge in [0.25, 0.3) is 0 Å². The fraction of sp³-hybridized carbons (Fsp3) is 0.923. The Kier molecular flexibility index (Phi) is 7.96. The van der Waals surface area contributed by atoms with Crippen molar-refractivity contribution in [3.8, 4) is 0 Å². The fourth-order valence-electron chi connectivity index (χ4n) is 1.49. The summed E-state index contributed by atoms with van der Waals surface area (Å²) in [6.45, 7) is 9.09. The minimum absolute atomic E-state index is 0.0320.